The summed E-state index contributed by atoms with van der Waals surface area (Å²) in [7, 11) is -2.90. The molecule has 2 aromatic carbocycles. The molecule has 0 radical (unpaired) electrons. The van der Waals surface area contributed by atoms with Crippen LogP contribution in [0.2, 0.25) is 0 Å². The van der Waals surface area contributed by atoms with Crippen molar-refractivity contribution in [3.05, 3.63) is 77.2 Å². The largest absolute Gasteiger partial charge is 0.494 e. The lowest BCUT2D eigenvalue weighted by Crippen LogP contribution is -2.54. The summed E-state index contributed by atoms with van der Waals surface area (Å²) in [5, 5.41) is 9.88. The van der Waals surface area contributed by atoms with Gasteiger partial charge in [-0.1, -0.05) is 6.07 Å². The van der Waals surface area contributed by atoms with Gasteiger partial charge in [-0.25, -0.2) is 4.98 Å². The number of halogens is 3. The first-order valence-corrected chi connectivity index (χ1v) is 19.8. The van der Waals surface area contributed by atoms with Gasteiger partial charge in [0.1, 0.15) is 23.2 Å². The first kappa shape index (κ1) is 35.6. The Morgan fingerprint density at radius 1 is 0.950 bits per heavy atom. The molecule has 1 atom stereocenters. The van der Waals surface area contributed by atoms with Gasteiger partial charge in [0.2, 0.25) is 17.7 Å². The van der Waals surface area contributed by atoms with Gasteiger partial charge in [-0.05, 0) is 86.8 Å². The van der Waals surface area contributed by atoms with Gasteiger partial charge in [0, 0.05) is 61.9 Å². The number of anilines is 2. The summed E-state index contributed by atoms with van der Waals surface area (Å²) in [6.45, 7) is 2.40. The monoisotopic (exact) mass is 829 g/mol. The number of benzene rings is 2. The number of carbonyl (C=O) groups is 6. The Hall–Kier alpha value is -6.33. The van der Waals surface area contributed by atoms with Crippen LogP contribution in [0.5, 0.6) is 5.75 Å². The molecule has 4 aliphatic heterocycles. The number of pyridine rings is 1. The van der Waals surface area contributed by atoms with E-state index in [4.69, 9.17) is 8.85 Å². The molecule has 6 amide bonds. The first-order chi connectivity index (χ1) is 29.8. The number of methoxy groups -OCH3 is 1. The molecule has 312 valence electrons. The van der Waals surface area contributed by atoms with Crippen LogP contribution in [0.1, 0.15) is 98.4 Å². The number of amides is 6. The van der Waals surface area contributed by atoms with Crippen LogP contribution in [0.25, 0.3) is 10.9 Å². The number of nitrogens with zero attached hydrogens (tertiary/aromatic N) is 6. The number of alkyl halides is 3. The van der Waals surface area contributed by atoms with E-state index in [1.807, 2.05) is 4.90 Å². The Bertz CT molecular complexity index is 2580. The van der Waals surface area contributed by atoms with E-state index < -0.39 is 60.2 Å². The van der Waals surface area contributed by atoms with Crippen molar-refractivity contribution in [2.24, 2.45) is 11.3 Å². The summed E-state index contributed by atoms with van der Waals surface area (Å²) in [4.78, 5) is 85.7. The third-order valence-corrected chi connectivity index (χ3v) is 12.7. The molecule has 5 aliphatic rings. The lowest BCUT2D eigenvalue weighted by molar-refractivity contribution is -0.141. The van der Waals surface area contributed by atoms with Crippen LogP contribution in [0.15, 0.2) is 54.7 Å². The molecule has 18 heteroatoms. The average Bonchev–Trinajstić information content (AvgIpc) is 3.75. The van der Waals surface area contributed by atoms with Crippen LogP contribution in [0.4, 0.5) is 24.5 Å². The summed E-state index contributed by atoms with van der Waals surface area (Å²) in [6.07, 6.45) is 1.62. The minimum Gasteiger partial charge on any atom is -0.494 e. The number of hydrogen-bond acceptors (Lipinski definition) is 10. The van der Waals surface area contributed by atoms with Gasteiger partial charge in [-0.2, -0.15) is 18.3 Å². The second-order valence-corrected chi connectivity index (χ2v) is 16.3. The Kier molecular flexibility index (Phi) is 8.75. The molecule has 2 aromatic heterocycles. The van der Waals surface area contributed by atoms with Crippen LogP contribution in [0.3, 0.4) is 0 Å². The molecule has 3 saturated heterocycles. The van der Waals surface area contributed by atoms with Crippen molar-refractivity contribution in [2.75, 3.05) is 43.4 Å². The maximum Gasteiger partial charge on any atom is 0.433 e. The fourth-order valence-corrected chi connectivity index (χ4v) is 9.38. The third-order valence-electron chi connectivity index (χ3n) is 12.7. The number of likely N-dealkylation sites (tertiary alicyclic amines) is 1. The molecule has 9 rings (SSSR count). The lowest BCUT2D eigenvalue weighted by Gasteiger charge is -2.52. The molecule has 6 heterocycles. The van der Waals surface area contributed by atoms with Gasteiger partial charge < -0.3 is 19.9 Å². The van der Waals surface area contributed by atoms with Crippen LogP contribution < -0.4 is 20.3 Å². The smallest absolute Gasteiger partial charge is 0.433 e. The molecule has 4 fully saturated rings. The van der Waals surface area contributed by atoms with Crippen molar-refractivity contribution >= 4 is 57.7 Å². The highest BCUT2D eigenvalue weighted by molar-refractivity contribution is 6.23. The highest BCUT2D eigenvalue weighted by Crippen LogP contribution is 2.55. The zero-order chi connectivity index (χ0) is 44.6. The minimum absolute atomic E-state index is 0.0236. The average molecular weight is 830 g/mol. The number of piperidine rings is 3. The van der Waals surface area contributed by atoms with Gasteiger partial charge in [0.25, 0.3) is 17.7 Å². The number of ether oxygens (including phenoxy) is 1. The van der Waals surface area contributed by atoms with E-state index in [1.165, 1.54) is 12.1 Å². The molecular weight excluding hydrogens is 786 g/mol. The van der Waals surface area contributed by atoms with Crippen LogP contribution in [0, 0.1) is 11.3 Å². The molecule has 4 aromatic rings. The SMILES string of the molecule is [2H]C([2H])([2H])Oc1cc2nn(C3CC4(CCN(C(=O)C5CCN(c6ccc7c(c6)C(=O)N([C@H]6CCC(=O)NC6=O)C7=O)CC5)CC4)C3)cc2cc1NC(=O)c1cccc(C(F)(F)F)n1. The number of imide groups is 2. The first-order valence-electron chi connectivity index (χ1n) is 21.3. The summed E-state index contributed by atoms with van der Waals surface area (Å²) in [5.41, 5.74) is -0.255. The quantitative estimate of drug-likeness (QED) is 0.242. The fraction of sp³-hybridized carbons (Fsp3) is 0.429. The van der Waals surface area contributed by atoms with Crippen molar-refractivity contribution in [3.8, 4) is 5.75 Å². The summed E-state index contributed by atoms with van der Waals surface area (Å²) in [6, 6.07) is 9.74. The van der Waals surface area contributed by atoms with Crippen molar-refractivity contribution in [1.29, 1.82) is 0 Å². The molecule has 1 aliphatic carbocycles. The van der Waals surface area contributed by atoms with Crippen molar-refractivity contribution in [3.63, 3.8) is 0 Å². The fourth-order valence-electron chi connectivity index (χ4n) is 9.38. The molecule has 0 bridgehead atoms. The molecular formula is C42H41F3N8O7. The van der Waals surface area contributed by atoms with Gasteiger partial charge in [0.15, 0.2) is 0 Å². The van der Waals surface area contributed by atoms with E-state index in [2.05, 4.69) is 25.6 Å². The van der Waals surface area contributed by atoms with E-state index in [1.54, 1.807) is 29.1 Å². The molecule has 60 heavy (non-hydrogen) atoms. The maximum absolute atomic E-state index is 13.7. The van der Waals surface area contributed by atoms with Crippen molar-refractivity contribution in [2.45, 2.75) is 69.6 Å². The number of rotatable bonds is 7. The van der Waals surface area contributed by atoms with Gasteiger partial charge in [-0.15, -0.1) is 0 Å². The second kappa shape index (κ2) is 14.7. The zero-order valence-corrected chi connectivity index (χ0v) is 32.1. The molecule has 0 unspecified atom stereocenters. The number of carbonyl (C=O) groups excluding carboxylic acids is 6. The summed E-state index contributed by atoms with van der Waals surface area (Å²) >= 11 is 0. The molecule has 15 nitrogen and oxygen atoms in total. The van der Waals surface area contributed by atoms with Crippen LogP contribution in [-0.4, -0.2) is 99.3 Å². The van der Waals surface area contributed by atoms with Gasteiger partial charge in [0.05, 0.1) is 39.5 Å². The standard InChI is InChI=1S/C42H41F3N8O7/c1-60-33-19-30-24(17-31(33)47-36(55)29-3-2-4-34(46-29)42(43,44)45)22-52(49-30)26-20-41(21-26)11-15-51(16-12-41)38(57)23-9-13-50(14-10-23)25-5-6-27-28(18-25)40(59)53(39(27)58)32-7-8-35(54)48-37(32)56/h2-6,17-19,22-23,26,32H,7-16,20-21H2,1H3,(H,47,55)(H,48,54,56)/t32-/m0/s1/i1D3. The van der Waals surface area contributed by atoms with E-state index >= 15 is 0 Å². The topological polar surface area (TPSA) is 176 Å². The number of aromatic nitrogens is 3. The molecule has 2 N–H and O–H groups in total. The highest BCUT2D eigenvalue weighted by atomic mass is 19.4. The maximum atomic E-state index is 13.7. The Labute approximate surface area is 345 Å². The number of nitrogens with one attached hydrogen (secondary N) is 2. The lowest BCUT2D eigenvalue weighted by atomic mass is 9.60. The normalized spacial score (nSPS) is 21.9. The van der Waals surface area contributed by atoms with E-state index in [-0.39, 0.29) is 58.7 Å². The summed E-state index contributed by atoms with van der Waals surface area (Å²) in [5.74, 6) is -3.49. The van der Waals surface area contributed by atoms with E-state index in [0.29, 0.717) is 49.9 Å². The summed E-state index contributed by atoms with van der Waals surface area (Å²) < 4.78 is 69.6. The van der Waals surface area contributed by atoms with Gasteiger partial charge in [-0.3, -0.25) is 43.7 Å². The van der Waals surface area contributed by atoms with Gasteiger partial charge >= 0.3 is 6.18 Å². The Morgan fingerprint density at radius 3 is 2.42 bits per heavy atom. The van der Waals surface area contributed by atoms with E-state index in [0.717, 1.165) is 54.5 Å². The number of hydrogen-bond donors (Lipinski definition) is 2. The second-order valence-electron chi connectivity index (χ2n) is 16.3. The Balaban J connectivity index is 0.790. The van der Waals surface area contributed by atoms with Crippen LogP contribution in [-0.2, 0) is 20.6 Å². The van der Waals surface area contributed by atoms with Crippen LogP contribution >= 0.6 is 0 Å². The molecule has 1 spiro atoms. The third kappa shape index (κ3) is 7.00. The van der Waals surface area contributed by atoms with Crippen molar-refractivity contribution in [1.82, 2.24) is 29.9 Å². The number of fused-ring (bicyclic) bond motifs is 2. The highest BCUT2D eigenvalue weighted by Gasteiger charge is 2.48. The minimum atomic E-state index is -4.77. The Morgan fingerprint density at radius 2 is 1.70 bits per heavy atom. The van der Waals surface area contributed by atoms with Crippen molar-refractivity contribution < 1.29 is 50.8 Å². The zero-order valence-electron chi connectivity index (χ0n) is 35.1. The predicted octanol–water partition coefficient (Wildman–Crippen LogP) is 4.97. The van der Waals surface area contributed by atoms with E-state index in [9.17, 15) is 41.9 Å². The molecule has 1 saturated carbocycles. The predicted molar refractivity (Wildman–Crippen MR) is 208 cm³/mol.